The van der Waals surface area contributed by atoms with Gasteiger partial charge in [0.05, 0.1) is 17.0 Å². The molecular weight excluding hydrogens is 454 g/mol. The van der Waals surface area contributed by atoms with Crippen LogP contribution in [0.3, 0.4) is 0 Å². The van der Waals surface area contributed by atoms with Crippen LogP contribution in [0.2, 0.25) is 0 Å². The molecule has 9 heteroatoms. The van der Waals surface area contributed by atoms with E-state index in [0.29, 0.717) is 46.4 Å². The zero-order valence-corrected chi connectivity index (χ0v) is 20.3. The SMILES string of the molecule is CCc1c(C#N)c(SCC(=O)Nc2nc(-c3ccccc3)ns2)nc2c1C(=O)CC(C)(C)C2. The molecule has 33 heavy (non-hydrogen) atoms. The lowest BCUT2D eigenvalue weighted by Crippen LogP contribution is -2.29. The molecule has 1 aliphatic rings. The van der Waals surface area contributed by atoms with E-state index in [4.69, 9.17) is 0 Å². The third-order valence-electron chi connectivity index (χ3n) is 5.42. The molecule has 0 aliphatic heterocycles. The first kappa shape index (κ1) is 23.1. The van der Waals surface area contributed by atoms with E-state index >= 15 is 0 Å². The third kappa shape index (κ3) is 4.97. The Hall–Kier alpha value is -3.09. The van der Waals surface area contributed by atoms with Crippen LogP contribution < -0.4 is 5.32 Å². The number of carbonyl (C=O) groups excluding carboxylic acids is 2. The highest BCUT2D eigenvalue weighted by Gasteiger charge is 2.35. The van der Waals surface area contributed by atoms with Gasteiger partial charge in [0.1, 0.15) is 11.1 Å². The highest BCUT2D eigenvalue weighted by Crippen LogP contribution is 2.38. The van der Waals surface area contributed by atoms with E-state index in [1.165, 1.54) is 11.8 Å². The number of benzene rings is 1. The summed E-state index contributed by atoms with van der Waals surface area (Å²) >= 11 is 2.32. The number of thioether (sulfide) groups is 1. The summed E-state index contributed by atoms with van der Waals surface area (Å²) in [5.74, 6) is 0.420. The number of ketones is 1. The molecule has 0 bridgehead atoms. The summed E-state index contributed by atoms with van der Waals surface area (Å²) in [4.78, 5) is 34.4. The van der Waals surface area contributed by atoms with E-state index in [0.717, 1.165) is 28.4 Å². The quantitative estimate of drug-likeness (QED) is 0.502. The molecule has 0 atom stereocenters. The van der Waals surface area contributed by atoms with Gasteiger partial charge in [0.25, 0.3) is 0 Å². The van der Waals surface area contributed by atoms with Gasteiger partial charge >= 0.3 is 0 Å². The van der Waals surface area contributed by atoms with E-state index in [-0.39, 0.29) is 22.9 Å². The number of amides is 1. The van der Waals surface area contributed by atoms with Crippen molar-refractivity contribution in [1.82, 2.24) is 14.3 Å². The lowest BCUT2D eigenvalue weighted by atomic mass is 9.74. The van der Waals surface area contributed by atoms with Crippen molar-refractivity contribution in [2.24, 2.45) is 5.41 Å². The second-order valence-corrected chi connectivity index (χ2v) is 10.3. The zero-order chi connectivity index (χ0) is 23.6. The number of aromatic nitrogens is 3. The Morgan fingerprint density at radius 1 is 1.24 bits per heavy atom. The minimum atomic E-state index is -0.256. The summed E-state index contributed by atoms with van der Waals surface area (Å²) in [7, 11) is 0. The molecule has 0 fully saturated rings. The van der Waals surface area contributed by atoms with Gasteiger partial charge in [-0.2, -0.15) is 14.6 Å². The van der Waals surface area contributed by atoms with Gasteiger partial charge in [-0.3, -0.25) is 14.9 Å². The summed E-state index contributed by atoms with van der Waals surface area (Å²) in [6.07, 6.45) is 1.67. The van der Waals surface area contributed by atoms with E-state index in [1.807, 2.05) is 51.1 Å². The van der Waals surface area contributed by atoms with Crippen LogP contribution >= 0.6 is 23.3 Å². The maximum atomic E-state index is 12.8. The molecular formula is C24H23N5O2S2. The number of fused-ring (bicyclic) bond motifs is 1. The third-order valence-corrected chi connectivity index (χ3v) is 7.02. The number of nitrogens with zero attached hydrogens (tertiary/aromatic N) is 4. The van der Waals surface area contributed by atoms with Crippen LogP contribution in [0.4, 0.5) is 5.13 Å². The average molecular weight is 478 g/mol. The Kier molecular flexibility index (Phi) is 6.58. The number of nitriles is 1. The van der Waals surface area contributed by atoms with Crippen molar-refractivity contribution >= 4 is 40.1 Å². The van der Waals surface area contributed by atoms with Crippen molar-refractivity contribution in [2.45, 2.75) is 45.1 Å². The Morgan fingerprint density at radius 3 is 2.70 bits per heavy atom. The number of Topliss-reactive ketones (excluding diaryl/α,β-unsaturated/α-hetero) is 1. The van der Waals surface area contributed by atoms with Gasteiger partial charge in [-0.25, -0.2) is 4.98 Å². The van der Waals surface area contributed by atoms with E-state index in [2.05, 4.69) is 25.7 Å². The van der Waals surface area contributed by atoms with Crippen LogP contribution in [0.25, 0.3) is 11.4 Å². The fourth-order valence-corrected chi connectivity index (χ4v) is 5.43. The predicted octanol–water partition coefficient (Wildman–Crippen LogP) is 4.92. The highest BCUT2D eigenvalue weighted by atomic mass is 32.2. The number of hydrogen-bond acceptors (Lipinski definition) is 8. The fourth-order valence-electron chi connectivity index (χ4n) is 4.00. The first-order chi connectivity index (χ1) is 15.8. The molecule has 2 heterocycles. The van der Waals surface area contributed by atoms with Crippen molar-refractivity contribution in [2.75, 3.05) is 11.1 Å². The van der Waals surface area contributed by atoms with Crippen molar-refractivity contribution in [3.63, 3.8) is 0 Å². The summed E-state index contributed by atoms with van der Waals surface area (Å²) < 4.78 is 4.30. The second kappa shape index (κ2) is 9.41. The molecule has 1 amide bonds. The lowest BCUT2D eigenvalue weighted by molar-refractivity contribution is -0.113. The molecule has 1 aromatic carbocycles. The predicted molar refractivity (Wildman–Crippen MR) is 129 cm³/mol. The van der Waals surface area contributed by atoms with Gasteiger partial charge in [-0.1, -0.05) is 62.9 Å². The molecule has 1 aliphatic carbocycles. The second-order valence-electron chi connectivity index (χ2n) is 8.62. The van der Waals surface area contributed by atoms with Gasteiger partial charge in [0, 0.05) is 29.1 Å². The Balaban J connectivity index is 1.51. The van der Waals surface area contributed by atoms with E-state index < -0.39 is 0 Å². The first-order valence-electron chi connectivity index (χ1n) is 10.6. The van der Waals surface area contributed by atoms with Gasteiger partial charge in [0.2, 0.25) is 11.0 Å². The highest BCUT2D eigenvalue weighted by molar-refractivity contribution is 8.00. The van der Waals surface area contributed by atoms with Gasteiger partial charge in [-0.15, -0.1) is 0 Å². The van der Waals surface area contributed by atoms with Crippen LogP contribution in [0.15, 0.2) is 35.4 Å². The van der Waals surface area contributed by atoms with Crippen LogP contribution in [-0.4, -0.2) is 31.8 Å². The molecule has 1 N–H and O–H groups in total. The number of pyridine rings is 1. The maximum absolute atomic E-state index is 12.8. The molecule has 3 aromatic rings. The summed E-state index contributed by atoms with van der Waals surface area (Å²) in [6, 6.07) is 11.8. The normalized spacial score (nSPS) is 14.4. The first-order valence-corrected chi connectivity index (χ1v) is 12.4. The van der Waals surface area contributed by atoms with Gasteiger partial charge in [-0.05, 0) is 23.8 Å². The number of rotatable bonds is 6. The summed E-state index contributed by atoms with van der Waals surface area (Å²) in [5.41, 5.74) is 3.16. The molecule has 0 unspecified atom stereocenters. The topological polar surface area (TPSA) is 109 Å². The van der Waals surface area contributed by atoms with Crippen LogP contribution in [0, 0.1) is 16.7 Å². The monoisotopic (exact) mass is 477 g/mol. The summed E-state index contributed by atoms with van der Waals surface area (Å²) in [5, 5.41) is 13.5. The standard InChI is InChI=1S/C24H23N5O2S2/c1-4-15-16(12-25)22(26-17-10-24(2,3)11-18(30)20(15)17)32-13-19(31)27-23-28-21(29-33-23)14-8-6-5-7-9-14/h5-9H,4,10-11,13H2,1-3H3,(H,27,28,29,31). The fraction of sp³-hybridized carbons (Fsp3) is 0.333. The molecule has 168 valence electrons. The zero-order valence-electron chi connectivity index (χ0n) is 18.6. The Morgan fingerprint density at radius 2 is 2.00 bits per heavy atom. The Bertz CT molecular complexity index is 1260. The number of anilines is 1. The molecule has 0 radical (unpaired) electrons. The minimum absolute atomic E-state index is 0.0434. The maximum Gasteiger partial charge on any atom is 0.236 e. The molecule has 0 saturated heterocycles. The molecule has 0 spiro atoms. The van der Waals surface area contributed by atoms with Crippen molar-refractivity contribution in [3.05, 3.63) is 52.7 Å². The molecule has 7 nitrogen and oxygen atoms in total. The minimum Gasteiger partial charge on any atom is -0.300 e. The number of carbonyl (C=O) groups is 2. The van der Waals surface area contributed by atoms with E-state index in [1.54, 1.807) is 0 Å². The Labute approximate surface area is 200 Å². The van der Waals surface area contributed by atoms with Gasteiger partial charge in [0.15, 0.2) is 11.6 Å². The molecule has 4 rings (SSSR count). The lowest BCUT2D eigenvalue weighted by Gasteiger charge is -2.31. The average Bonchev–Trinajstić information content (AvgIpc) is 3.24. The molecule has 2 aromatic heterocycles. The van der Waals surface area contributed by atoms with Crippen molar-refractivity contribution < 1.29 is 9.59 Å². The van der Waals surface area contributed by atoms with Crippen LogP contribution in [0.5, 0.6) is 0 Å². The number of nitrogens with one attached hydrogen (secondary N) is 1. The van der Waals surface area contributed by atoms with Crippen LogP contribution in [-0.2, 0) is 17.6 Å². The largest absolute Gasteiger partial charge is 0.300 e. The van der Waals surface area contributed by atoms with Crippen LogP contribution in [0.1, 0.15) is 54.4 Å². The smallest absolute Gasteiger partial charge is 0.236 e. The number of hydrogen-bond donors (Lipinski definition) is 1. The van der Waals surface area contributed by atoms with Crippen molar-refractivity contribution in [1.29, 1.82) is 5.26 Å². The van der Waals surface area contributed by atoms with Crippen molar-refractivity contribution in [3.8, 4) is 17.5 Å². The van der Waals surface area contributed by atoms with E-state index in [9.17, 15) is 14.9 Å². The molecule has 0 saturated carbocycles. The summed E-state index contributed by atoms with van der Waals surface area (Å²) in [6.45, 7) is 6.03. The van der Waals surface area contributed by atoms with Gasteiger partial charge < -0.3 is 0 Å².